The van der Waals surface area contributed by atoms with Gasteiger partial charge in [0.15, 0.2) is 23.1 Å². The summed E-state index contributed by atoms with van der Waals surface area (Å²) in [6.07, 6.45) is -3.37. The summed E-state index contributed by atoms with van der Waals surface area (Å²) < 4.78 is 70.5. The van der Waals surface area contributed by atoms with E-state index in [0.29, 0.717) is 34.7 Å². The highest BCUT2D eigenvalue weighted by atomic mass is 19.4. The number of nitrogens with one attached hydrogen (secondary N) is 1. The summed E-state index contributed by atoms with van der Waals surface area (Å²) in [6.45, 7) is 2.34. The lowest BCUT2D eigenvalue weighted by atomic mass is 10.0. The first kappa shape index (κ1) is 25.5. The number of anilines is 1. The normalized spacial score (nSPS) is 14.4. The van der Waals surface area contributed by atoms with Crippen molar-refractivity contribution < 1.29 is 36.4 Å². The van der Waals surface area contributed by atoms with Crippen molar-refractivity contribution in [3.05, 3.63) is 65.8 Å². The maximum atomic E-state index is 14.9. The molecule has 0 spiro atoms. The molecule has 0 aliphatic heterocycles. The fraction of sp³-hybridized carbons (Fsp3) is 0.296. The van der Waals surface area contributed by atoms with Gasteiger partial charge >= 0.3 is 6.18 Å². The largest absolute Gasteiger partial charge is 0.493 e. The predicted octanol–water partition coefficient (Wildman–Crippen LogP) is 6.21. The molecular formula is C27H23F4N3O4. The fourth-order valence-electron chi connectivity index (χ4n) is 4.31. The van der Waals surface area contributed by atoms with Gasteiger partial charge in [0.25, 0.3) is 0 Å². The molecule has 11 heteroatoms. The van der Waals surface area contributed by atoms with Crippen LogP contribution in [-0.4, -0.2) is 35.9 Å². The minimum absolute atomic E-state index is 0.0920. The van der Waals surface area contributed by atoms with E-state index < -0.39 is 23.3 Å². The molecular weight excluding hydrogens is 506 g/mol. The Morgan fingerprint density at radius 1 is 1.11 bits per heavy atom. The molecule has 5 rings (SSSR count). The van der Waals surface area contributed by atoms with Crippen molar-refractivity contribution in [1.82, 2.24) is 10.1 Å². The number of ether oxygens (including phenoxy) is 2. The van der Waals surface area contributed by atoms with Gasteiger partial charge in [0.1, 0.15) is 11.2 Å². The number of carbonyl (C=O) groups excluding carboxylic acids is 1. The molecule has 0 saturated heterocycles. The van der Waals surface area contributed by atoms with Gasteiger partial charge in [-0.25, -0.2) is 4.39 Å². The van der Waals surface area contributed by atoms with Crippen LogP contribution in [0.25, 0.3) is 22.0 Å². The first-order valence-electron chi connectivity index (χ1n) is 11.9. The first-order chi connectivity index (χ1) is 18.1. The lowest BCUT2D eigenvalue weighted by Crippen LogP contribution is -2.28. The third-order valence-electron chi connectivity index (χ3n) is 6.55. The Labute approximate surface area is 214 Å². The molecule has 0 unspecified atom stereocenters. The highest BCUT2D eigenvalue weighted by molar-refractivity contribution is 5.91. The number of carbonyl (C=O) groups is 1. The number of methoxy groups -OCH3 is 1. The van der Waals surface area contributed by atoms with Crippen LogP contribution >= 0.6 is 0 Å². The molecule has 0 radical (unpaired) electrons. The molecule has 1 fully saturated rings. The van der Waals surface area contributed by atoms with E-state index in [9.17, 15) is 22.4 Å². The minimum atomic E-state index is -4.46. The van der Waals surface area contributed by atoms with Crippen LogP contribution in [0.4, 0.5) is 23.4 Å². The summed E-state index contributed by atoms with van der Waals surface area (Å²) in [5.74, 6) is -0.620. The number of alkyl halides is 3. The van der Waals surface area contributed by atoms with Crippen LogP contribution in [0, 0.1) is 5.82 Å². The van der Waals surface area contributed by atoms with Crippen LogP contribution in [0.5, 0.6) is 11.5 Å². The SMILES string of the molecule is CCOc1cc2ncc(-c3ccc(CC(=O)Nc4cc(C5(C(F)(F)F)CC5)on4)c(F)c3)cc2cc1OC. The van der Waals surface area contributed by atoms with Gasteiger partial charge in [0.05, 0.1) is 25.7 Å². The number of aromatic nitrogens is 2. The monoisotopic (exact) mass is 529 g/mol. The molecule has 1 N–H and O–H groups in total. The third-order valence-corrected chi connectivity index (χ3v) is 6.55. The summed E-state index contributed by atoms with van der Waals surface area (Å²) in [5.41, 5.74) is -0.0325. The number of hydrogen-bond acceptors (Lipinski definition) is 6. The maximum absolute atomic E-state index is 14.9. The van der Waals surface area contributed by atoms with Crippen molar-refractivity contribution in [3.8, 4) is 22.6 Å². The Morgan fingerprint density at radius 2 is 1.89 bits per heavy atom. The Kier molecular flexibility index (Phi) is 6.46. The van der Waals surface area contributed by atoms with E-state index in [4.69, 9.17) is 14.0 Å². The first-order valence-corrected chi connectivity index (χ1v) is 11.9. The summed E-state index contributed by atoms with van der Waals surface area (Å²) >= 11 is 0. The number of nitrogens with zero attached hydrogens (tertiary/aromatic N) is 2. The Bertz CT molecular complexity index is 1510. The third kappa shape index (κ3) is 4.75. The zero-order valence-electron chi connectivity index (χ0n) is 20.5. The molecule has 1 aliphatic carbocycles. The number of pyridine rings is 1. The Hall–Kier alpha value is -4.15. The van der Waals surface area contributed by atoms with Crippen LogP contribution in [-0.2, 0) is 16.6 Å². The van der Waals surface area contributed by atoms with Crippen molar-refractivity contribution >= 4 is 22.6 Å². The standard InChI is InChI=1S/C27H23F4N3O4/c1-3-37-22-12-20-17(10-21(22)36-2)8-18(14-32-20)15-4-5-16(19(28)9-15)11-25(35)33-24-13-23(38-34-24)26(6-7-26)27(29,30)31/h4-5,8-10,12-14H,3,6-7,11H2,1-2H3,(H,33,34,35). The van der Waals surface area contributed by atoms with Crippen LogP contribution in [0.2, 0.25) is 0 Å². The Balaban J connectivity index is 1.30. The highest BCUT2D eigenvalue weighted by Gasteiger charge is 2.66. The minimum Gasteiger partial charge on any atom is -0.493 e. The van der Waals surface area contributed by atoms with E-state index in [-0.39, 0.29) is 36.4 Å². The molecule has 1 aliphatic rings. The van der Waals surface area contributed by atoms with Crippen molar-refractivity contribution in [2.24, 2.45) is 0 Å². The summed E-state index contributed by atoms with van der Waals surface area (Å²) in [6, 6.07) is 10.9. The average molecular weight is 529 g/mol. The zero-order chi connectivity index (χ0) is 27.1. The molecule has 0 bridgehead atoms. The van der Waals surface area contributed by atoms with Crippen LogP contribution in [0.1, 0.15) is 31.1 Å². The maximum Gasteiger partial charge on any atom is 0.401 e. The van der Waals surface area contributed by atoms with Gasteiger partial charge in [-0.2, -0.15) is 13.2 Å². The second-order valence-corrected chi connectivity index (χ2v) is 9.04. The van der Waals surface area contributed by atoms with Crippen molar-refractivity contribution in [3.63, 3.8) is 0 Å². The molecule has 1 amide bonds. The molecule has 0 atom stereocenters. The van der Waals surface area contributed by atoms with Gasteiger partial charge in [-0.3, -0.25) is 9.78 Å². The average Bonchev–Trinajstić information content (AvgIpc) is 3.58. The van der Waals surface area contributed by atoms with E-state index in [1.165, 1.54) is 12.1 Å². The summed E-state index contributed by atoms with van der Waals surface area (Å²) in [5, 5.41) is 6.67. The summed E-state index contributed by atoms with van der Waals surface area (Å²) in [7, 11) is 1.54. The quantitative estimate of drug-likeness (QED) is 0.273. The second-order valence-electron chi connectivity index (χ2n) is 9.04. The smallest absolute Gasteiger partial charge is 0.401 e. The van der Waals surface area contributed by atoms with Gasteiger partial charge in [-0.1, -0.05) is 17.3 Å². The van der Waals surface area contributed by atoms with Crippen molar-refractivity contribution in [1.29, 1.82) is 0 Å². The van der Waals surface area contributed by atoms with E-state index in [1.807, 2.05) is 13.0 Å². The highest BCUT2D eigenvalue weighted by Crippen LogP contribution is 2.59. The number of halogens is 4. The van der Waals surface area contributed by atoms with Gasteiger partial charge in [-0.15, -0.1) is 0 Å². The van der Waals surface area contributed by atoms with Gasteiger partial charge < -0.3 is 19.3 Å². The molecule has 4 aromatic rings. The van der Waals surface area contributed by atoms with Crippen LogP contribution in [0.3, 0.4) is 0 Å². The van der Waals surface area contributed by atoms with Crippen molar-refractivity contribution in [2.45, 2.75) is 37.8 Å². The molecule has 198 valence electrons. The summed E-state index contributed by atoms with van der Waals surface area (Å²) in [4.78, 5) is 16.9. The number of benzene rings is 2. The molecule has 2 aromatic carbocycles. The van der Waals surface area contributed by atoms with E-state index in [0.717, 1.165) is 11.5 Å². The van der Waals surface area contributed by atoms with Crippen LogP contribution < -0.4 is 14.8 Å². The van der Waals surface area contributed by atoms with Gasteiger partial charge in [0.2, 0.25) is 5.91 Å². The number of fused-ring (bicyclic) bond motifs is 1. The lowest BCUT2D eigenvalue weighted by molar-refractivity contribution is -0.165. The molecule has 38 heavy (non-hydrogen) atoms. The number of rotatable bonds is 8. The molecule has 1 saturated carbocycles. The van der Waals surface area contributed by atoms with Gasteiger partial charge in [0, 0.05) is 29.3 Å². The van der Waals surface area contributed by atoms with E-state index >= 15 is 0 Å². The molecule has 2 heterocycles. The topological polar surface area (TPSA) is 86.5 Å². The van der Waals surface area contributed by atoms with Crippen LogP contribution in [0.15, 0.2) is 53.2 Å². The zero-order valence-corrected chi connectivity index (χ0v) is 20.5. The van der Waals surface area contributed by atoms with Crippen molar-refractivity contribution in [2.75, 3.05) is 19.0 Å². The van der Waals surface area contributed by atoms with E-state index in [2.05, 4.69) is 15.5 Å². The predicted molar refractivity (Wildman–Crippen MR) is 131 cm³/mol. The number of amides is 1. The Morgan fingerprint density at radius 3 is 2.55 bits per heavy atom. The fourth-order valence-corrected chi connectivity index (χ4v) is 4.31. The number of hydrogen-bond donors (Lipinski definition) is 1. The van der Waals surface area contributed by atoms with Gasteiger partial charge in [-0.05, 0) is 49.1 Å². The molecule has 7 nitrogen and oxygen atoms in total. The lowest BCUT2D eigenvalue weighted by Gasteiger charge is -2.14. The molecule has 2 aromatic heterocycles. The van der Waals surface area contributed by atoms with E-state index in [1.54, 1.807) is 31.5 Å². The second kappa shape index (κ2) is 9.62.